The molecular formula is C49H66N10O11S2. The van der Waals surface area contributed by atoms with Crippen LogP contribution in [0.4, 0.5) is 0 Å². The minimum absolute atomic E-state index is 0.0199. The fourth-order valence-corrected chi connectivity index (χ4v) is 8.06. The van der Waals surface area contributed by atoms with Crippen molar-refractivity contribution in [2.24, 2.45) is 11.5 Å². The van der Waals surface area contributed by atoms with Crippen molar-refractivity contribution in [1.82, 2.24) is 42.2 Å². The SMILES string of the molecule is C[C@@H](O)[C@H](NC(=O)[C@H](CS)NC(=O)[C@@H](NC(=O)[C@H](CCCCN)NC(=O)[C@@H](Cc1c[nH]c2ccccc12)NC(=O)[C@H](Cc1ccc(O)cc1)NC(=O)[C@@H](CS)NC(=O)CCc1ccccc1)[C@@H](C)O)C(N)=O. The summed E-state index contributed by atoms with van der Waals surface area (Å²) >= 11 is 8.42. The highest BCUT2D eigenvalue weighted by Crippen LogP contribution is 2.20. The quantitative estimate of drug-likeness (QED) is 0.0228. The lowest BCUT2D eigenvalue weighted by molar-refractivity contribution is -0.137. The minimum atomic E-state index is -1.70. The summed E-state index contributed by atoms with van der Waals surface area (Å²) in [6.45, 7) is 2.66. The average Bonchev–Trinajstić information content (AvgIpc) is 3.77. The highest BCUT2D eigenvalue weighted by Gasteiger charge is 2.36. The third-order valence-corrected chi connectivity index (χ3v) is 12.3. The number of hydrogen-bond donors (Lipinski definition) is 15. The zero-order valence-electron chi connectivity index (χ0n) is 40.0. The molecule has 0 aliphatic rings. The number of aromatic hydroxyl groups is 1. The van der Waals surface area contributed by atoms with Crippen LogP contribution in [0.3, 0.4) is 0 Å². The molecule has 0 aliphatic heterocycles. The van der Waals surface area contributed by atoms with E-state index in [1.807, 2.05) is 48.5 Å². The number of para-hydroxylation sites is 1. The number of primary amides is 1. The fourth-order valence-electron chi connectivity index (χ4n) is 7.55. The third kappa shape index (κ3) is 17.9. The van der Waals surface area contributed by atoms with E-state index in [9.17, 15) is 53.7 Å². The van der Waals surface area contributed by atoms with Crippen LogP contribution in [0.2, 0.25) is 0 Å². The van der Waals surface area contributed by atoms with Gasteiger partial charge in [-0.1, -0.05) is 60.7 Å². The van der Waals surface area contributed by atoms with Crippen molar-refractivity contribution in [1.29, 1.82) is 0 Å². The predicted molar refractivity (Wildman–Crippen MR) is 275 cm³/mol. The number of H-pyrrole nitrogens is 1. The number of aliphatic hydroxyl groups excluding tert-OH is 2. The van der Waals surface area contributed by atoms with Crippen molar-refractivity contribution < 1.29 is 53.7 Å². The van der Waals surface area contributed by atoms with Gasteiger partial charge in [-0.25, -0.2) is 0 Å². The number of phenolic OH excluding ortho intramolecular Hbond substituents is 1. The van der Waals surface area contributed by atoms with E-state index in [-0.39, 0.29) is 49.5 Å². The molecule has 0 fully saturated rings. The Bertz CT molecular complexity index is 2460. The molecule has 0 unspecified atom stereocenters. The van der Waals surface area contributed by atoms with Gasteiger partial charge in [-0.05, 0) is 81.0 Å². The molecule has 4 aromatic rings. The van der Waals surface area contributed by atoms with E-state index in [1.54, 1.807) is 24.4 Å². The molecule has 1 heterocycles. The van der Waals surface area contributed by atoms with Crippen LogP contribution in [-0.4, -0.2) is 140 Å². The maximum absolute atomic E-state index is 14.6. The smallest absolute Gasteiger partial charge is 0.245 e. The molecule has 0 bridgehead atoms. The second kappa shape index (κ2) is 29.0. The van der Waals surface area contributed by atoms with Gasteiger partial charge < -0.3 is 69.0 Å². The van der Waals surface area contributed by atoms with Gasteiger partial charge in [0.15, 0.2) is 0 Å². The lowest BCUT2D eigenvalue weighted by Crippen LogP contribution is -2.62. The Kier molecular flexibility index (Phi) is 23.3. The number of unbranched alkanes of at least 4 members (excludes halogenated alkanes) is 1. The Morgan fingerprint density at radius 1 is 0.583 bits per heavy atom. The number of rotatable bonds is 29. The molecule has 23 heteroatoms. The summed E-state index contributed by atoms with van der Waals surface area (Å²) in [5.74, 6) is -7.26. The van der Waals surface area contributed by atoms with Crippen LogP contribution in [0.1, 0.15) is 56.2 Å². The zero-order valence-corrected chi connectivity index (χ0v) is 41.8. The number of aromatic nitrogens is 1. The van der Waals surface area contributed by atoms with Crippen molar-refractivity contribution in [3.63, 3.8) is 0 Å². The van der Waals surface area contributed by atoms with Gasteiger partial charge in [0, 0.05) is 47.9 Å². The standard InChI is InChI=1S/C49H66N10O11S2/c1-27(60)41(43(51)64)58-48(69)39(26-72)57-49(70)42(28(2)61)59-44(65)35(14-8-9-21-50)54-46(67)37(23-31-24-52-34-13-7-6-12-33(31)34)56-45(66)36(22-30-15-18-32(62)19-16-30)55-47(68)38(25-71)53-40(63)20-17-29-10-4-3-5-11-29/h3-7,10-13,15-16,18-19,24,27-28,35-39,41-42,52,60-62,71-72H,8-9,14,17,20-23,25-26,50H2,1-2H3,(H2,51,64)(H,53,63)(H,54,67)(H,55,68)(H,56,66)(H,57,70)(H,58,69)(H,59,65)/t27-,28-,35+,36+,37-,38-,39+,41+,42+/m1/s1. The number of amides is 8. The zero-order chi connectivity index (χ0) is 52.9. The van der Waals surface area contributed by atoms with E-state index in [0.717, 1.165) is 16.5 Å². The minimum Gasteiger partial charge on any atom is -0.508 e. The summed E-state index contributed by atoms with van der Waals surface area (Å²) in [5.41, 5.74) is 13.8. The Morgan fingerprint density at radius 3 is 1.69 bits per heavy atom. The Morgan fingerprint density at radius 2 is 1.10 bits per heavy atom. The summed E-state index contributed by atoms with van der Waals surface area (Å²) < 4.78 is 0. The molecule has 9 atom stereocenters. The number of carbonyl (C=O) groups is 8. The molecule has 0 aliphatic carbocycles. The molecule has 0 radical (unpaired) electrons. The number of carbonyl (C=O) groups excluding carboxylic acids is 8. The van der Waals surface area contributed by atoms with E-state index in [2.05, 4.69) is 67.5 Å². The maximum Gasteiger partial charge on any atom is 0.245 e. The largest absolute Gasteiger partial charge is 0.508 e. The summed E-state index contributed by atoms with van der Waals surface area (Å²) in [4.78, 5) is 112. The van der Waals surface area contributed by atoms with Crippen LogP contribution in [0.5, 0.6) is 5.75 Å². The average molecular weight is 1040 g/mol. The number of nitrogens with one attached hydrogen (secondary N) is 8. The molecule has 0 spiro atoms. The van der Waals surface area contributed by atoms with Gasteiger partial charge in [0.25, 0.3) is 0 Å². The fraction of sp³-hybridized carbons (Fsp3) is 0.429. The van der Waals surface area contributed by atoms with Crippen molar-refractivity contribution >= 4 is 83.4 Å². The predicted octanol–water partition coefficient (Wildman–Crippen LogP) is -1.08. The summed E-state index contributed by atoms with van der Waals surface area (Å²) in [5, 5.41) is 49.3. The summed E-state index contributed by atoms with van der Waals surface area (Å²) in [6.07, 6.45) is -0.344. The first-order valence-electron chi connectivity index (χ1n) is 23.4. The molecule has 8 amide bonds. The number of phenols is 1. The van der Waals surface area contributed by atoms with E-state index < -0.39 is 102 Å². The van der Waals surface area contributed by atoms with Gasteiger partial charge in [-0.3, -0.25) is 38.4 Å². The number of aromatic amines is 1. The maximum atomic E-state index is 14.6. The van der Waals surface area contributed by atoms with E-state index in [0.29, 0.717) is 30.4 Å². The third-order valence-electron chi connectivity index (χ3n) is 11.6. The number of aliphatic hydroxyl groups is 2. The van der Waals surface area contributed by atoms with Crippen LogP contribution in [0.15, 0.2) is 85.1 Å². The van der Waals surface area contributed by atoms with E-state index in [1.165, 1.54) is 26.0 Å². The molecule has 4 rings (SSSR count). The highest BCUT2D eigenvalue weighted by molar-refractivity contribution is 7.80. The van der Waals surface area contributed by atoms with E-state index in [4.69, 9.17) is 11.5 Å². The molecule has 21 nitrogen and oxygen atoms in total. The van der Waals surface area contributed by atoms with E-state index >= 15 is 0 Å². The van der Waals surface area contributed by atoms with Crippen molar-refractivity contribution in [2.45, 2.75) is 113 Å². The molecule has 390 valence electrons. The number of fused-ring (bicyclic) bond motifs is 1. The molecule has 72 heavy (non-hydrogen) atoms. The van der Waals surface area contributed by atoms with Gasteiger partial charge in [0.1, 0.15) is 48.0 Å². The normalized spacial score (nSPS) is 14.9. The van der Waals surface area contributed by atoms with Crippen LogP contribution in [0, 0.1) is 0 Å². The van der Waals surface area contributed by atoms with Gasteiger partial charge in [0.05, 0.1) is 12.2 Å². The lowest BCUT2D eigenvalue weighted by Gasteiger charge is -2.28. The summed E-state index contributed by atoms with van der Waals surface area (Å²) in [7, 11) is 0. The highest BCUT2D eigenvalue weighted by atomic mass is 32.1. The number of aryl methyl sites for hydroxylation is 1. The van der Waals surface area contributed by atoms with Crippen LogP contribution in [0.25, 0.3) is 10.9 Å². The Balaban J connectivity index is 1.61. The lowest BCUT2D eigenvalue weighted by atomic mass is 10.0. The van der Waals surface area contributed by atoms with Crippen LogP contribution < -0.4 is 48.7 Å². The van der Waals surface area contributed by atoms with Gasteiger partial charge in [0.2, 0.25) is 47.3 Å². The number of nitrogens with two attached hydrogens (primary N) is 2. The second-order valence-electron chi connectivity index (χ2n) is 17.3. The first kappa shape index (κ1) is 57.9. The number of benzene rings is 3. The number of thiol groups is 2. The second-order valence-corrected chi connectivity index (χ2v) is 18.0. The van der Waals surface area contributed by atoms with Crippen LogP contribution in [-0.2, 0) is 57.6 Å². The first-order valence-corrected chi connectivity index (χ1v) is 24.7. The molecule has 0 saturated carbocycles. The molecule has 3 aromatic carbocycles. The molecule has 1 aromatic heterocycles. The van der Waals surface area contributed by atoms with Crippen molar-refractivity contribution in [2.75, 3.05) is 18.1 Å². The van der Waals surface area contributed by atoms with Crippen molar-refractivity contribution in [3.05, 3.63) is 102 Å². The summed E-state index contributed by atoms with van der Waals surface area (Å²) in [6, 6.07) is 12.5. The Labute approximate surface area is 428 Å². The molecule has 15 N–H and O–H groups in total. The van der Waals surface area contributed by atoms with Crippen LogP contribution >= 0.6 is 25.3 Å². The first-order chi connectivity index (χ1) is 34.3. The monoisotopic (exact) mass is 1030 g/mol. The molecule has 0 saturated heterocycles. The topological polar surface area (TPSA) is 349 Å². The van der Waals surface area contributed by atoms with Gasteiger partial charge in [-0.2, -0.15) is 25.3 Å². The van der Waals surface area contributed by atoms with Gasteiger partial charge >= 0.3 is 0 Å². The van der Waals surface area contributed by atoms with Gasteiger partial charge in [-0.15, -0.1) is 0 Å². The Hall–Kier alpha value is -6.66. The molecular weight excluding hydrogens is 969 g/mol. The van der Waals surface area contributed by atoms with Crippen molar-refractivity contribution in [3.8, 4) is 5.75 Å². The number of hydrogen-bond acceptors (Lipinski definition) is 14.